The highest BCUT2D eigenvalue weighted by atomic mass is 16.5. The van der Waals surface area contributed by atoms with E-state index in [1.807, 2.05) is 6.92 Å². The van der Waals surface area contributed by atoms with Crippen LogP contribution in [0.15, 0.2) is 22.7 Å². The van der Waals surface area contributed by atoms with Crippen molar-refractivity contribution in [1.29, 1.82) is 0 Å². The second-order valence-electron chi connectivity index (χ2n) is 4.33. The zero-order chi connectivity index (χ0) is 15.2. The van der Waals surface area contributed by atoms with Crippen molar-refractivity contribution in [3.63, 3.8) is 0 Å². The average molecular weight is 293 g/mol. The van der Waals surface area contributed by atoms with Gasteiger partial charge in [0, 0.05) is 18.2 Å². The minimum absolute atomic E-state index is 0.344. The van der Waals surface area contributed by atoms with E-state index >= 15 is 0 Å². The van der Waals surface area contributed by atoms with Gasteiger partial charge < -0.3 is 24.5 Å². The molecule has 2 aromatic rings. The smallest absolute Gasteiger partial charge is 0.258 e. The van der Waals surface area contributed by atoms with Gasteiger partial charge in [0.25, 0.3) is 5.89 Å². The molecule has 0 saturated heterocycles. The van der Waals surface area contributed by atoms with Crippen LogP contribution < -0.4 is 15.2 Å². The van der Waals surface area contributed by atoms with Gasteiger partial charge in [-0.2, -0.15) is 4.98 Å². The van der Waals surface area contributed by atoms with E-state index in [4.69, 9.17) is 24.5 Å². The van der Waals surface area contributed by atoms with Crippen LogP contribution in [-0.4, -0.2) is 37.6 Å². The van der Waals surface area contributed by atoms with E-state index in [1.165, 1.54) is 0 Å². The van der Waals surface area contributed by atoms with Crippen molar-refractivity contribution in [2.45, 2.75) is 13.0 Å². The van der Waals surface area contributed by atoms with Gasteiger partial charge in [-0.3, -0.25) is 0 Å². The number of hydrogen-bond acceptors (Lipinski definition) is 7. The molecule has 21 heavy (non-hydrogen) atoms. The first-order chi connectivity index (χ1) is 10.2. The van der Waals surface area contributed by atoms with Crippen molar-refractivity contribution >= 4 is 0 Å². The van der Waals surface area contributed by atoms with Gasteiger partial charge in [-0.25, -0.2) is 0 Å². The van der Waals surface area contributed by atoms with Gasteiger partial charge >= 0.3 is 0 Å². The third kappa shape index (κ3) is 3.71. The van der Waals surface area contributed by atoms with Crippen LogP contribution in [0.25, 0.3) is 11.5 Å². The largest absolute Gasteiger partial charge is 0.497 e. The van der Waals surface area contributed by atoms with Crippen LogP contribution in [0.2, 0.25) is 0 Å². The second-order valence-corrected chi connectivity index (χ2v) is 4.33. The zero-order valence-electron chi connectivity index (χ0n) is 12.3. The topological polar surface area (TPSA) is 92.6 Å². The third-order valence-corrected chi connectivity index (χ3v) is 2.87. The summed E-state index contributed by atoms with van der Waals surface area (Å²) in [4.78, 5) is 4.29. The van der Waals surface area contributed by atoms with E-state index in [2.05, 4.69) is 10.1 Å². The maximum atomic E-state index is 5.93. The van der Waals surface area contributed by atoms with Crippen LogP contribution in [0.3, 0.4) is 0 Å². The molecule has 0 aliphatic rings. The van der Waals surface area contributed by atoms with Crippen molar-refractivity contribution in [2.24, 2.45) is 5.73 Å². The van der Waals surface area contributed by atoms with Crippen molar-refractivity contribution in [2.75, 3.05) is 27.4 Å². The van der Waals surface area contributed by atoms with Crippen LogP contribution in [0.1, 0.15) is 18.8 Å². The number of benzene rings is 1. The fraction of sp³-hybridized carbons (Fsp3) is 0.429. The monoisotopic (exact) mass is 293 g/mol. The molecule has 0 saturated carbocycles. The number of rotatable bonds is 7. The molecular weight excluding hydrogens is 274 g/mol. The lowest BCUT2D eigenvalue weighted by atomic mass is 10.2. The molecular formula is C14H19N3O4. The normalized spacial score (nSPS) is 12.2. The minimum atomic E-state index is -0.421. The van der Waals surface area contributed by atoms with E-state index in [9.17, 15) is 0 Å². The first kappa shape index (κ1) is 15.3. The number of aromatic nitrogens is 2. The summed E-state index contributed by atoms with van der Waals surface area (Å²) in [6.45, 7) is 2.83. The summed E-state index contributed by atoms with van der Waals surface area (Å²) in [6.07, 6.45) is 0. The maximum Gasteiger partial charge on any atom is 0.258 e. The summed E-state index contributed by atoms with van der Waals surface area (Å²) in [7, 11) is 3.16. The molecule has 0 amide bonds. The molecule has 1 heterocycles. The van der Waals surface area contributed by atoms with Crippen molar-refractivity contribution in [1.82, 2.24) is 10.1 Å². The highest BCUT2D eigenvalue weighted by Crippen LogP contribution is 2.29. The Morgan fingerprint density at radius 2 is 1.86 bits per heavy atom. The Morgan fingerprint density at radius 3 is 2.43 bits per heavy atom. The molecule has 0 fully saturated rings. The predicted octanol–water partition coefficient (Wildman–Crippen LogP) is 1.79. The molecule has 0 radical (unpaired) electrons. The third-order valence-electron chi connectivity index (χ3n) is 2.87. The van der Waals surface area contributed by atoms with Crippen LogP contribution in [0.5, 0.6) is 11.5 Å². The molecule has 2 rings (SSSR count). The molecule has 1 aromatic carbocycles. The van der Waals surface area contributed by atoms with Crippen molar-refractivity contribution < 1.29 is 18.7 Å². The predicted molar refractivity (Wildman–Crippen MR) is 76.3 cm³/mol. The standard InChI is InChI=1S/C14H19N3O4/c1-4-20-8-12(15)13-16-14(21-17-13)9-5-10(18-2)7-11(6-9)19-3/h5-7,12H,4,8,15H2,1-3H3. The van der Waals surface area contributed by atoms with Crippen LogP contribution in [-0.2, 0) is 4.74 Å². The Hall–Kier alpha value is -2.12. The summed E-state index contributed by atoms with van der Waals surface area (Å²) < 4.78 is 20.9. The maximum absolute atomic E-state index is 5.93. The van der Waals surface area contributed by atoms with Gasteiger partial charge in [0.05, 0.1) is 26.9 Å². The van der Waals surface area contributed by atoms with Crippen LogP contribution >= 0.6 is 0 Å². The minimum Gasteiger partial charge on any atom is -0.497 e. The highest BCUT2D eigenvalue weighted by Gasteiger charge is 2.16. The summed E-state index contributed by atoms with van der Waals surface area (Å²) in [5.74, 6) is 2.04. The van der Waals surface area contributed by atoms with E-state index < -0.39 is 6.04 Å². The highest BCUT2D eigenvalue weighted by molar-refractivity contribution is 5.59. The fourth-order valence-corrected chi connectivity index (χ4v) is 1.75. The molecule has 0 spiro atoms. The lowest BCUT2D eigenvalue weighted by Crippen LogP contribution is -2.18. The van der Waals surface area contributed by atoms with E-state index in [0.29, 0.717) is 42.0 Å². The second kappa shape index (κ2) is 7.05. The SMILES string of the molecule is CCOCC(N)c1noc(-c2cc(OC)cc(OC)c2)n1. The lowest BCUT2D eigenvalue weighted by Gasteiger charge is -2.06. The van der Waals surface area contributed by atoms with Gasteiger partial charge in [0.15, 0.2) is 5.82 Å². The first-order valence-corrected chi connectivity index (χ1v) is 6.58. The Balaban J connectivity index is 2.24. The van der Waals surface area contributed by atoms with Crippen LogP contribution in [0.4, 0.5) is 0 Å². The van der Waals surface area contributed by atoms with Crippen LogP contribution in [0, 0.1) is 0 Å². The summed E-state index contributed by atoms with van der Waals surface area (Å²) >= 11 is 0. The molecule has 7 nitrogen and oxygen atoms in total. The molecule has 0 aliphatic carbocycles. The average Bonchev–Trinajstić information content (AvgIpc) is 3.02. The molecule has 7 heteroatoms. The quantitative estimate of drug-likeness (QED) is 0.831. The van der Waals surface area contributed by atoms with Gasteiger partial charge in [-0.1, -0.05) is 5.16 Å². The summed E-state index contributed by atoms with van der Waals surface area (Å²) in [5.41, 5.74) is 6.63. The van der Waals surface area contributed by atoms with Crippen molar-refractivity contribution in [3.8, 4) is 23.0 Å². The molecule has 1 aromatic heterocycles. The summed E-state index contributed by atoms with van der Waals surface area (Å²) in [6, 6.07) is 4.92. The van der Waals surface area contributed by atoms with Crippen molar-refractivity contribution in [3.05, 3.63) is 24.0 Å². The molecule has 2 N–H and O–H groups in total. The Bertz CT molecular complexity index is 563. The molecule has 114 valence electrons. The number of nitrogens with zero attached hydrogens (tertiary/aromatic N) is 2. The Kier molecular flexibility index (Phi) is 5.13. The van der Waals surface area contributed by atoms with Gasteiger partial charge in [0.2, 0.25) is 0 Å². The molecule has 1 unspecified atom stereocenters. The summed E-state index contributed by atoms with van der Waals surface area (Å²) in [5, 5.41) is 3.88. The number of hydrogen-bond donors (Lipinski definition) is 1. The molecule has 0 bridgehead atoms. The van der Waals surface area contributed by atoms with Gasteiger partial charge in [-0.05, 0) is 19.1 Å². The molecule has 1 atom stereocenters. The van der Waals surface area contributed by atoms with E-state index in [-0.39, 0.29) is 0 Å². The number of nitrogens with two attached hydrogens (primary N) is 1. The fourth-order valence-electron chi connectivity index (χ4n) is 1.75. The Morgan fingerprint density at radius 1 is 1.19 bits per heavy atom. The Labute approximate surface area is 123 Å². The first-order valence-electron chi connectivity index (χ1n) is 6.58. The number of methoxy groups -OCH3 is 2. The van der Waals surface area contributed by atoms with Gasteiger partial charge in [-0.15, -0.1) is 0 Å². The van der Waals surface area contributed by atoms with E-state index in [0.717, 1.165) is 0 Å². The lowest BCUT2D eigenvalue weighted by molar-refractivity contribution is 0.130. The van der Waals surface area contributed by atoms with E-state index in [1.54, 1.807) is 32.4 Å². The van der Waals surface area contributed by atoms with Gasteiger partial charge in [0.1, 0.15) is 11.5 Å². The zero-order valence-corrected chi connectivity index (χ0v) is 12.3. The molecule has 0 aliphatic heterocycles. The number of ether oxygens (including phenoxy) is 3.